The number of sulfonamides is 1. The van der Waals surface area contributed by atoms with Crippen molar-refractivity contribution in [1.29, 1.82) is 0 Å². The van der Waals surface area contributed by atoms with Crippen LogP contribution >= 0.6 is 11.3 Å². The number of hydrogen-bond acceptors (Lipinski definition) is 5. The Hall–Kier alpha value is -0.920. The topological polar surface area (TPSA) is 86.5 Å². The number of carbonyl (C=O) groups excluding carboxylic acids is 1. The molecule has 0 spiro atoms. The van der Waals surface area contributed by atoms with Crippen LogP contribution in [0.15, 0.2) is 11.0 Å². The van der Waals surface area contributed by atoms with E-state index in [4.69, 9.17) is 9.88 Å². The Labute approximate surface area is 123 Å². The van der Waals surface area contributed by atoms with Gasteiger partial charge in [-0.05, 0) is 44.6 Å². The third-order valence-corrected chi connectivity index (χ3v) is 5.81. The number of esters is 1. The van der Waals surface area contributed by atoms with E-state index in [0.717, 1.165) is 37.0 Å². The Balaban J connectivity index is 2.07. The highest BCUT2D eigenvalue weighted by atomic mass is 32.2. The van der Waals surface area contributed by atoms with Crippen molar-refractivity contribution in [2.45, 2.75) is 50.5 Å². The monoisotopic (exact) mass is 317 g/mol. The van der Waals surface area contributed by atoms with E-state index in [-0.39, 0.29) is 11.0 Å². The van der Waals surface area contributed by atoms with Crippen LogP contribution in [0.1, 0.15) is 47.2 Å². The summed E-state index contributed by atoms with van der Waals surface area (Å²) in [5.41, 5.74) is 0. The number of thiophene rings is 1. The molecule has 20 heavy (non-hydrogen) atoms. The normalized spacial score (nSPS) is 23.6. The van der Waals surface area contributed by atoms with Gasteiger partial charge in [0.25, 0.3) is 0 Å². The van der Waals surface area contributed by atoms with Crippen molar-refractivity contribution in [3.05, 3.63) is 15.8 Å². The quantitative estimate of drug-likeness (QED) is 0.867. The molecule has 1 aromatic heterocycles. The van der Waals surface area contributed by atoms with E-state index in [2.05, 4.69) is 6.92 Å². The van der Waals surface area contributed by atoms with Gasteiger partial charge in [0, 0.05) is 4.88 Å². The maximum absolute atomic E-state index is 12.0. The molecule has 0 aliphatic heterocycles. The first-order valence-electron chi connectivity index (χ1n) is 6.61. The summed E-state index contributed by atoms with van der Waals surface area (Å²) in [4.78, 5) is 12.9. The van der Waals surface area contributed by atoms with Gasteiger partial charge in [-0.1, -0.05) is 6.92 Å². The molecular formula is C13H19NO4S2. The summed E-state index contributed by atoms with van der Waals surface area (Å²) < 4.78 is 28.1. The molecule has 1 aliphatic carbocycles. The van der Waals surface area contributed by atoms with Gasteiger partial charge in [-0.15, -0.1) is 11.3 Å². The minimum Gasteiger partial charge on any atom is -0.458 e. The number of hydrogen-bond donors (Lipinski definition) is 1. The van der Waals surface area contributed by atoms with Gasteiger partial charge in [-0.2, -0.15) is 0 Å². The minimum atomic E-state index is -3.78. The molecule has 0 radical (unpaired) electrons. The molecule has 1 fully saturated rings. The van der Waals surface area contributed by atoms with Gasteiger partial charge in [0.2, 0.25) is 10.0 Å². The highest BCUT2D eigenvalue weighted by Crippen LogP contribution is 2.29. The molecule has 0 amide bonds. The summed E-state index contributed by atoms with van der Waals surface area (Å²) in [7, 11) is -3.78. The van der Waals surface area contributed by atoms with E-state index in [1.54, 1.807) is 6.92 Å². The van der Waals surface area contributed by atoms with E-state index in [9.17, 15) is 13.2 Å². The molecule has 0 unspecified atom stereocenters. The fraction of sp³-hybridized carbons (Fsp3) is 0.615. The maximum atomic E-state index is 12.0. The van der Waals surface area contributed by atoms with Gasteiger partial charge in [-0.3, -0.25) is 0 Å². The predicted octanol–water partition coefficient (Wildman–Crippen LogP) is 2.44. The standard InChI is InChI=1S/C13H19NO4S2/c1-8-3-5-10(6-4-8)18-13(15)11-7-12(9(2)19-11)20(14,16)17/h7-8,10H,3-6H2,1-2H3,(H2,14,16,17). The lowest BCUT2D eigenvalue weighted by Crippen LogP contribution is -2.23. The molecular weight excluding hydrogens is 298 g/mol. The second-order valence-corrected chi connectivity index (χ2v) is 8.15. The van der Waals surface area contributed by atoms with Crippen molar-refractivity contribution in [3.8, 4) is 0 Å². The SMILES string of the molecule is Cc1sc(C(=O)OC2CCC(C)CC2)cc1S(N)(=O)=O. The van der Waals surface area contributed by atoms with Crippen LogP contribution in [0.3, 0.4) is 0 Å². The first-order valence-corrected chi connectivity index (χ1v) is 8.98. The molecule has 0 saturated heterocycles. The van der Waals surface area contributed by atoms with Gasteiger partial charge in [0.1, 0.15) is 11.0 Å². The minimum absolute atomic E-state index is 0.00622. The Morgan fingerprint density at radius 3 is 2.45 bits per heavy atom. The summed E-state index contributed by atoms with van der Waals surface area (Å²) in [6, 6.07) is 1.31. The van der Waals surface area contributed by atoms with Gasteiger partial charge in [0.05, 0.1) is 4.90 Å². The average Bonchev–Trinajstić information content (AvgIpc) is 2.74. The number of primary sulfonamides is 1. The molecule has 0 aromatic carbocycles. The molecule has 1 aliphatic rings. The largest absolute Gasteiger partial charge is 0.458 e. The van der Waals surface area contributed by atoms with Crippen molar-refractivity contribution in [3.63, 3.8) is 0 Å². The zero-order valence-electron chi connectivity index (χ0n) is 11.6. The first-order chi connectivity index (χ1) is 9.27. The van der Waals surface area contributed by atoms with Crippen molar-refractivity contribution in [2.75, 3.05) is 0 Å². The number of nitrogens with two attached hydrogens (primary N) is 1. The van der Waals surface area contributed by atoms with E-state index in [0.29, 0.717) is 15.7 Å². The predicted molar refractivity (Wildman–Crippen MR) is 77.3 cm³/mol. The van der Waals surface area contributed by atoms with Crippen LogP contribution in [0, 0.1) is 12.8 Å². The van der Waals surface area contributed by atoms with E-state index in [1.807, 2.05) is 0 Å². The highest BCUT2D eigenvalue weighted by molar-refractivity contribution is 7.89. The van der Waals surface area contributed by atoms with E-state index in [1.165, 1.54) is 6.07 Å². The van der Waals surface area contributed by atoms with Crippen LogP contribution in [0.2, 0.25) is 0 Å². The highest BCUT2D eigenvalue weighted by Gasteiger charge is 2.25. The van der Waals surface area contributed by atoms with Gasteiger partial charge < -0.3 is 4.74 Å². The van der Waals surface area contributed by atoms with Crippen LogP contribution in [-0.2, 0) is 14.8 Å². The van der Waals surface area contributed by atoms with Crippen molar-refractivity contribution < 1.29 is 17.9 Å². The third-order valence-electron chi connectivity index (χ3n) is 3.62. The van der Waals surface area contributed by atoms with E-state index < -0.39 is 16.0 Å². The summed E-state index contributed by atoms with van der Waals surface area (Å²) in [5.74, 6) is 0.232. The fourth-order valence-corrected chi connectivity index (χ4v) is 4.43. The lowest BCUT2D eigenvalue weighted by molar-refractivity contribution is 0.0179. The molecule has 0 bridgehead atoms. The molecule has 0 atom stereocenters. The zero-order valence-corrected chi connectivity index (χ0v) is 13.2. The molecule has 7 heteroatoms. The van der Waals surface area contributed by atoms with E-state index >= 15 is 0 Å². The molecule has 2 N–H and O–H groups in total. The summed E-state index contributed by atoms with van der Waals surface area (Å²) in [5, 5.41) is 5.10. The molecule has 1 saturated carbocycles. The van der Waals surface area contributed by atoms with Crippen LogP contribution in [0.4, 0.5) is 0 Å². The number of rotatable bonds is 3. The maximum Gasteiger partial charge on any atom is 0.348 e. The molecule has 1 aromatic rings. The van der Waals surface area contributed by atoms with Crippen molar-refractivity contribution in [1.82, 2.24) is 0 Å². The second kappa shape index (κ2) is 5.83. The van der Waals surface area contributed by atoms with Gasteiger partial charge >= 0.3 is 5.97 Å². The Morgan fingerprint density at radius 1 is 1.35 bits per heavy atom. The van der Waals surface area contributed by atoms with Crippen LogP contribution in [-0.4, -0.2) is 20.5 Å². The lowest BCUT2D eigenvalue weighted by Gasteiger charge is -2.25. The smallest absolute Gasteiger partial charge is 0.348 e. The van der Waals surface area contributed by atoms with Gasteiger partial charge in [-0.25, -0.2) is 18.4 Å². The van der Waals surface area contributed by atoms with Crippen molar-refractivity contribution >= 4 is 27.3 Å². The molecule has 112 valence electrons. The number of aryl methyl sites for hydroxylation is 1. The number of carbonyl (C=O) groups is 1. The summed E-state index contributed by atoms with van der Waals surface area (Å²) in [6.07, 6.45) is 3.81. The van der Waals surface area contributed by atoms with Crippen LogP contribution < -0.4 is 5.14 Å². The zero-order chi connectivity index (χ0) is 14.9. The van der Waals surface area contributed by atoms with Crippen molar-refractivity contribution in [2.24, 2.45) is 11.1 Å². The Kier molecular flexibility index (Phi) is 4.51. The molecule has 5 nitrogen and oxygen atoms in total. The summed E-state index contributed by atoms with van der Waals surface area (Å²) in [6.45, 7) is 3.82. The van der Waals surface area contributed by atoms with Gasteiger partial charge in [0.15, 0.2) is 0 Å². The third kappa shape index (κ3) is 3.59. The Bertz CT molecular complexity index is 598. The van der Waals surface area contributed by atoms with Crippen LogP contribution in [0.5, 0.6) is 0 Å². The van der Waals surface area contributed by atoms with Crippen LogP contribution in [0.25, 0.3) is 0 Å². The molecule has 1 heterocycles. The second-order valence-electron chi connectivity index (χ2n) is 5.36. The molecule has 2 rings (SSSR count). The average molecular weight is 317 g/mol. The first kappa shape index (κ1) is 15.5. The summed E-state index contributed by atoms with van der Waals surface area (Å²) >= 11 is 1.10. The number of ether oxygens (including phenoxy) is 1. The Morgan fingerprint density at radius 2 is 1.95 bits per heavy atom. The lowest BCUT2D eigenvalue weighted by atomic mass is 9.89. The fourth-order valence-electron chi connectivity index (χ4n) is 2.41.